The van der Waals surface area contributed by atoms with Crippen LogP contribution < -0.4 is 10.6 Å². The fourth-order valence-electron chi connectivity index (χ4n) is 1.82. The van der Waals surface area contributed by atoms with Crippen molar-refractivity contribution in [1.29, 1.82) is 0 Å². The number of carbonyl (C=O) groups is 1. The first-order valence-electron chi connectivity index (χ1n) is 5.85. The molecular formula is C14H16N2O2. The van der Waals surface area contributed by atoms with E-state index in [4.69, 9.17) is 10.2 Å². The number of nitrogens with zero attached hydrogens (tertiary/aromatic N) is 1. The van der Waals surface area contributed by atoms with Gasteiger partial charge >= 0.3 is 0 Å². The van der Waals surface area contributed by atoms with E-state index in [2.05, 4.69) is 0 Å². The Balaban J connectivity index is 2.31. The third-order valence-corrected chi connectivity index (χ3v) is 2.69. The van der Waals surface area contributed by atoms with Crippen molar-refractivity contribution < 1.29 is 9.21 Å². The molecule has 1 heterocycles. The van der Waals surface area contributed by atoms with Crippen molar-refractivity contribution in [1.82, 2.24) is 0 Å². The minimum Gasteiger partial charge on any atom is -0.456 e. The Kier molecular flexibility index (Phi) is 3.37. The zero-order chi connectivity index (χ0) is 13.1. The molecule has 2 aromatic rings. The minimum atomic E-state index is -0.156. The van der Waals surface area contributed by atoms with Gasteiger partial charge in [-0.1, -0.05) is 6.07 Å². The average Bonchev–Trinajstić information content (AvgIpc) is 2.77. The highest BCUT2D eigenvalue weighted by Crippen LogP contribution is 2.20. The van der Waals surface area contributed by atoms with Gasteiger partial charge in [-0.05, 0) is 44.2 Å². The summed E-state index contributed by atoms with van der Waals surface area (Å²) in [5.41, 5.74) is 7.14. The normalized spacial score (nSPS) is 10.3. The molecular weight excluding hydrogens is 228 g/mol. The van der Waals surface area contributed by atoms with Crippen LogP contribution in [0.25, 0.3) is 0 Å². The van der Waals surface area contributed by atoms with Crippen molar-refractivity contribution in [2.45, 2.75) is 13.8 Å². The summed E-state index contributed by atoms with van der Waals surface area (Å²) in [7, 11) is 0. The van der Waals surface area contributed by atoms with Gasteiger partial charge < -0.3 is 15.1 Å². The zero-order valence-electron chi connectivity index (χ0n) is 10.5. The molecule has 0 aliphatic heterocycles. The maximum Gasteiger partial charge on any atom is 0.293 e. The van der Waals surface area contributed by atoms with Gasteiger partial charge in [-0.3, -0.25) is 4.79 Å². The van der Waals surface area contributed by atoms with E-state index in [0.717, 1.165) is 11.4 Å². The number of nitrogen functional groups attached to an aromatic ring is 1. The van der Waals surface area contributed by atoms with Crippen LogP contribution in [-0.2, 0) is 0 Å². The lowest BCUT2D eigenvalue weighted by Crippen LogP contribution is -2.30. The van der Waals surface area contributed by atoms with Crippen LogP contribution in [-0.4, -0.2) is 12.5 Å². The molecule has 1 aromatic carbocycles. The molecule has 0 bridgehead atoms. The maximum atomic E-state index is 12.3. The second kappa shape index (κ2) is 4.96. The van der Waals surface area contributed by atoms with Crippen molar-refractivity contribution in [2.24, 2.45) is 0 Å². The SMILES string of the molecule is CCN(C(=O)c1ccc(C)o1)c1cccc(N)c1. The van der Waals surface area contributed by atoms with E-state index in [1.807, 2.05) is 26.0 Å². The predicted octanol–water partition coefficient (Wildman–Crippen LogP) is 2.84. The first kappa shape index (κ1) is 12.2. The number of furan rings is 1. The number of rotatable bonds is 3. The van der Waals surface area contributed by atoms with Crippen LogP contribution in [0.15, 0.2) is 40.8 Å². The number of anilines is 2. The molecule has 2 N–H and O–H groups in total. The van der Waals surface area contributed by atoms with Crippen LogP contribution in [0.3, 0.4) is 0 Å². The lowest BCUT2D eigenvalue weighted by molar-refractivity contribution is 0.0960. The van der Waals surface area contributed by atoms with E-state index in [1.54, 1.807) is 29.2 Å². The smallest absolute Gasteiger partial charge is 0.293 e. The third kappa shape index (κ3) is 2.37. The van der Waals surface area contributed by atoms with E-state index >= 15 is 0 Å². The zero-order valence-corrected chi connectivity index (χ0v) is 10.5. The van der Waals surface area contributed by atoms with Gasteiger partial charge in [-0.25, -0.2) is 0 Å². The largest absolute Gasteiger partial charge is 0.456 e. The second-order valence-corrected chi connectivity index (χ2v) is 4.05. The lowest BCUT2D eigenvalue weighted by atomic mass is 10.2. The van der Waals surface area contributed by atoms with Gasteiger partial charge in [-0.2, -0.15) is 0 Å². The highest BCUT2D eigenvalue weighted by molar-refractivity contribution is 6.04. The predicted molar refractivity (Wildman–Crippen MR) is 71.6 cm³/mol. The van der Waals surface area contributed by atoms with Crippen molar-refractivity contribution in [3.63, 3.8) is 0 Å². The quantitative estimate of drug-likeness (QED) is 0.844. The summed E-state index contributed by atoms with van der Waals surface area (Å²) in [6.07, 6.45) is 0. The van der Waals surface area contributed by atoms with E-state index in [9.17, 15) is 4.79 Å². The summed E-state index contributed by atoms with van der Waals surface area (Å²) in [6.45, 7) is 4.28. The summed E-state index contributed by atoms with van der Waals surface area (Å²) in [4.78, 5) is 13.9. The maximum absolute atomic E-state index is 12.3. The van der Waals surface area contributed by atoms with Crippen LogP contribution in [0.5, 0.6) is 0 Å². The first-order valence-corrected chi connectivity index (χ1v) is 5.85. The molecule has 2 rings (SSSR count). The molecule has 0 unspecified atom stereocenters. The number of nitrogens with two attached hydrogens (primary N) is 1. The van der Waals surface area contributed by atoms with Crippen molar-refractivity contribution in [3.05, 3.63) is 47.9 Å². The molecule has 0 saturated heterocycles. The summed E-state index contributed by atoms with van der Waals surface area (Å²) < 4.78 is 5.36. The van der Waals surface area contributed by atoms with Crippen molar-refractivity contribution in [3.8, 4) is 0 Å². The molecule has 0 fully saturated rings. The van der Waals surface area contributed by atoms with Crippen molar-refractivity contribution >= 4 is 17.3 Å². The second-order valence-electron chi connectivity index (χ2n) is 4.05. The third-order valence-electron chi connectivity index (χ3n) is 2.69. The Morgan fingerprint density at radius 2 is 2.11 bits per heavy atom. The molecule has 0 aliphatic carbocycles. The van der Waals surface area contributed by atoms with Crippen LogP contribution in [0.4, 0.5) is 11.4 Å². The molecule has 94 valence electrons. The van der Waals surface area contributed by atoms with Gasteiger partial charge in [0.1, 0.15) is 5.76 Å². The van der Waals surface area contributed by atoms with Gasteiger partial charge in [0.25, 0.3) is 5.91 Å². The number of hydrogen-bond donors (Lipinski definition) is 1. The summed E-state index contributed by atoms with van der Waals surface area (Å²) in [5.74, 6) is 0.912. The Labute approximate surface area is 106 Å². The molecule has 1 amide bonds. The average molecular weight is 244 g/mol. The standard InChI is InChI=1S/C14H16N2O2/c1-3-16(12-6-4-5-11(15)9-12)14(17)13-8-7-10(2)18-13/h4-9H,3,15H2,1-2H3. The molecule has 4 heteroatoms. The molecule has 0 aliphatic rings. The molecule has 0 spiro atoms. The van der Waals surface area contributed by atoms with Gasteiger partial charge in [0.2, 0.25) is 0 Å². The molecule has 0 radical (unpaired) electrons. The van der Waals surface area contributed by atoms with Crippen LogP contribution >= 0.6 is 0 Å². The molecule has 1 aromatic heterocycles. The van der Waals surface area contributed by atoms with Crippen LogP contribution in [0.1, 0.15) is 23.2 Å². The molecule has 18 heavy (non-hydrogen) atoms. The highest BCUT2D eigenvalue weighted by Gasteiger charge is 2.19. The van der Waals surface area contributed by atoms with Gasteiger partial charge in [0, 0.05) is 17.9 Å². The van der Waals surface area contributed by atoms with E-state index in [-0.39, 0.29) is 5.91 Å². The van der Waals surface area contributed by atoms with Gasteiger partial charge in [-0.15, -0.1) is 0 Å². The summed E-state index contributed by atoms with van der Waals surface area (Å²) >= 11 is 0. The topological polar surface area (TPSA) is 59.5 Å². The Bertz CT molecular complexity index is 560. The Morgan fingerprint density at radius 3 is 2.67 bits per heavy atom. The Hall–Kier alpha value is -2.23. The number of benzene rings is 1. The fourth-order valence-corrected chi connectivity index (χ4v) is 1.82. The summed E-state index contributed by atoms with van der Waals surface area (Å²) in [6, 6.07) is 10.7. The van der Waals surface area contributed by atoms with E-state index in [1.165, 1.54) is 0 Å². The molecule has 0 atom stereocenters. The monoisotopic (exact) mass is 244 g/mol. The number of carbonyl (C=O) groups excluding carboxylic acids is 1. The minimum absolute atomic E-state index is 0.156. The molecule has 0 saturated carbocycles. The van der Waals surface area contributed by atoms with Gasteiger partial charge in [0.15, 0.2) is 5.76 Å². The highest BCUT2D eigenvalue weighted by atomic mass is 16.3. The molecule has 4 nitrogen and oxygen atoms in total. The Morgan fingerprint density at radius 1 is 1.33 bits per heavy atom. The lowest BCUT2D eigenvalue weighted by Gasteiger charge is -2.20. The first-order chi connectivity index (χ1) is 8.61. The number of aryl methyl sites for hydroxylation is 1. The number of hydrogen-bond acceptors (Lipinski definition) is 3. The van der Waals surface area contributed by atoms with Crippen LogP contribution in [0, 0.1) is 6.92 Å². The van der Waals surface area contributed by atoms with Gasteiger partial charge in [0.05, 0.1) is 0 Å². The summed E-state index contributed by atoms with van der Waals surface area (Å²) in [5, 5.41) is 0. The van der Waals surface area contributed by atoms with E-state index in [0.29, 0.717) is 18.0 Å². The van der Waals surface area contributed by atoms with E-state index < -0.39 is 0 Å². The fraction of sp³-hybridized carbons (Fsp3) is 0.214. The number of amides is 1. The van der Waals surface area contributed by atoms with Crippen molar-refractivity contribution in [2.75, 3.05) is 17.2 Å². The van der Waals surface area contributed by atoms with Crippen LogP contribution in [0.2, 0.25) is 0 Å².